The zero-order chi connectivity index (χ0) is 24.9. The molecule has 0 spiro atoms. The van der Waals surface area contributed by atoms with Gasteiger partial charge in [-0.3, -0.25) is 14.6 Å². The Hall–Kier alpha value is -2.90. The number of Topliss-reactive ketones (excluding diaryl/α,β-unsaturated/α-hetero) is 1. The summed E-state index contributed by atoms with van der Waals surface area (Å²) in [6.45, 7) is 9.32. The number of aliphatic hydroxyl groups excluding tert-OH is 2. The van der Waals surface area contributed by atoms with Gasteiger partial charge in [0.05, 0.1) is 30.0 Å². The maximum Gasteiger partial charge on any atom is 0.305 e. The Bertz CT molecular complexity index is 1030. The number of halogens is 1. The Labute approximate surface area is 193 Å². The molecule has 0 unspecified atom stereocenters. The summed E-state index contributed by atoms with van der Waals surface area (Å²) in [7, 11) is 0. The Morgan fingerprint density at radius 2 is 1.61 bits per heavy atom. The third-order valence-corrected chi connectivity index (χ3v) is 5.28. The molecule has 6 nitrogen and oxygen atoms in total. The number of hydrogen-bond donors (Lipinski definition) is 3. The molecule has 0 saturated carbocycles. The number of aromatic nitrogens is 1. The van der Waals surface area contributed by atoms with Gasteiger partial charge < -0.3 is 15.3 Å². The molecule has 2 atom stereocenters. The zero-order valence-corrected chi connectivity index (χ0v) is 19.7. The van der Waals surface area contributed by atoms with Crippen LogP contribution in [0.4, 0.5) is 4.39 Å². The second kappa shape index (κ2) is 11.3. The number of pyridine rings is 1. The summed E-state index contributed by atoms with van der Waals surface area (Å²) in [6.07, 6.45) is 0.184. The number of aliphatic carboxylic acids is 1. The third kappa shape index (κ3) is 6.79. The van der Waals surface area contributed by atoms with Crippen molar-refractivity contribution in [3.8, 4) is 11.1 Å². The van der Waals surface area contributed by atoms with Crippen LogP contribution in [-0.4, -0.2) is 44.3 Å². The number of hydrogen-bond acceptors (Lipinski definition) is 5. The predicted molar refractivity (Wildman–Crippen MR) is 126 cm³/mol. The molecule has 0 fully saturated rings. The quantitative estimate of drug-likeness (QED) is 0.436. The van der Waals surface area contributed by atoms with Crippen LogP contribution in [-0.2, 0) is 4.79 Å². The molecule has 7 heteroatoms. The number of benzene rings is 1. The summed E-state index contributed by atoms with van der Waals surface area (Å²) >= 11 is 0. The first kappa shape index (κ1) is 26.4. The smallest absolute Gasteiger partial charge is 0.305 e. The van der Waals surface area contributed by atoms with Crippen molar-refractivity contribution < 1.29 is 29.3 Å². The molecule has 0 saturated heterocycles. The molecule has 0 radical (unpaired) electrons. The lowest BCUT2D eigenvalue weighted by Gasteiger charge is -2.22. The number of nitrogens with zero attached hydrogens (tertiary/aromatic N) is 1. The lowest BCUT2D eigenvalue weighted by molar-refractivity contribution is -0.139. The van der Waals surface area contributed by atoms with Crippen molar-refractivity contribution >= 4 is 17.8 Å². The summed E-state index contributed by atoms with van der Waals surface area (Å²) in [4.78, 5) is 28.4. The van der Waals surface area contributed by atoms with E-state index in [2.05, 4.69) is 0 Å². The SMILES string of the molecule is CC(=O)c1c(C(C)C)nc(C(C)C)c(C=C[C@@H](O)C[C@@H](O)CC(=O)O)c1-c1ccc(F)cc1. The fourth-order valence-corrected chi connectivity index (χ4v) is 3.79. The van der Waals surface area contributed by atoms with Crippen molar-refractivity contribution in [2.24, 2.45) is 0 Å². The first-order valence-electron chi connectivity index (χ1n) is 11.0. The van der Waals surface area contributed by atoms with E-state index >= 15 is 0 Å². The van der Waals surface area contributed by atoms with Gasteiger partial charge in [-0.15, -0.1) is 0 Å². The van der Waals surface area contributed by atoms with Gasteiger partial charge in [-0.05, 0) is 36.5 Å². The number of aliphatic hydroxyl groups is 2. The highest BCUT2D eigenvalue weighted by Gasteiger charge is 2.25. The molecular weight excluding hydrogens is 425 g/mol. The summed E-state index contributed by atoms with van der Waals surface area (Å²) in [6, 6.07) is 5.87. The Morgan fingerprint density at radius 1 is 1.03 bits per heavy atom. The van der Waals surface area contributed by atoms with Gasteiger partial charge >= 0.3 is 5.97 Å². The Balaban J connectivity index is 2.73. The third-order valence-electron chi connectivity index (χ3n) is 5.28. The highest BCUT2D eigenvalue weighted by Crippen LogP contribution is 2.37. The molecule has 1 aromatic heterocycles. The zero-order valence-electron chi connectivity index (χ0n) is 19.7. The average molecular weight is 458 g/mol. The number of ketones is 1. The average Bonchev–Trinajstić information content (AvgIpc) is 2.70. The lowest BCUT2D eigenvalue weighted by Crippen LogP contribution is -2.19. The van der Waals surface area contributed by atoms with Gasteiger partial charge in [0.1, 0.15) is 5.82 Å². The van der Waals surface area contributed by atoms with E-state index in [1.165, 1.54) is 25.1 Å². The monoisotopic (exact) mass is 457 g/mol. The van der Waals surface area contributed by atoms with Crippen LogP contribution < -0.4 is 0 Å². The lowest BCUT2D eigenvalue weighted by atomic mass is 9.85. The number of rotatable bonds is 10. The van der Waals surface area contributed by atoms with Crippen LogP contribution in [0, 0.1) is 5.82 Å². The number of carbonyl (C=O) groups excluding carboxylic acids is 1. The van der Waals surface area contributed by atoms with Gasteiger partial charge in [0, 0.05) is 23.1 Å². The number of carboxylic acids is 1. The minimum atomic E-state index is -1.20. The molecular formula is C26H32FNO5. The molecule has 3 N–H and O–H groups in total. The van der Waals surface area contributed by atoms with Gasteiger partial charge in [0.25, 0.3) is 0 Å². The van der Waals surface area contributed by atoms with Gasteiger partial charge in [-0.2, -0.15) is 0 Å². The first-order valence-corrected chi connectivity index (χ1v) is 11.0. The molecule has 33 heavy (non-hydrogen) atoms. The van der Waals surface area contributed by atoms with Crippen molar-refractivity contribution in [2.45, 2.75) is 71.5 Å². The first-order chi connectivity index (χ1) is 15.4. The normalized spacial score (nSPS) is 13.6. The molecule has 0 aliphatic carbocycles. The van der Waals surface area contributed by atoms with Gasteiger partial charge in [-0.1, -0.05) is 52.0 Å². The van der Waals surface area contributed by atoms with E-state index in [4.69, 9.17) is 10.1 Å². The topological polar surface area (TPSA) is 108 Å². The van der Waals surface area contributed by atoms with Crippen LogP contribution in [0.2, 0.25) is 0 Å². The van der Waals surface area contributed by atoms with Gasteiger partial charge in [0.2, 0.25) is 0 Å². The second-order valence-corrected chi connectivity index (χ2v) is 8.83. The predicted octanol–water partition coefficient (Wildman–Crippen LogP) is 4.94. The fourth-order valence-electron chi connectivity index (χ4n) is 3.79. The van der Waals surface area contributed by atoms with E-state index in [1.54, 1.807) is 18.2 Å². The van der Waals surface area contributed by atoms with Crippen LogP contribution >= 0.6 is 0 Å². The minimum Gasteiger partial charge on any atom is -0.481 e. The van der Waals surface area contributed by atoms with E-state index in [0.717, 1.165) is 5.69 Å². The molecule has 1 heterocycles. The molecule has 0 aliphatic rings. The maximum absolute atomic E-state index is 13.7. The minimum absolute atomic E-state index is 0.0166. The van der Waals surface area contributed by atoms with Crippen LogP contribution in [0.5, 0.6) is 0 Å². The molecule has 0 aliphatic heterocycles. The summed E-state index contributed by atoms with van der Waals surface area (Å²) in [5.74, 6) is -1.77. The van der Waals surface area contributed by atoms with E-state index in [1.807, 2.05) is 27.7 Å². The standard InChI is InChI=1S/C26H32FNO5/c1-14(2)25-21(11-10-19(30)12-20(31)13-22(32)33)24(17-6-8-18(27)9-7-17)23(16(5)29)26(28-25)15(3)4/h6-11,14-15,19-20,30-31H,12-13H2,1-5H3,(H,32,33)/t19-,20-/m1/s1. The van der Waals surface area contributed by atoms with Gasteiger partial charge in [-0.25, -0.2) is 4.39 Å². The van der Waals surface area contributed by atoms with Crippen molar-refractivity contribution in [3.05, 3.63) is 58.7 Å². The van der Waals surface area contributed by atoms with E-state index < -0.39 is 30.4 Å². The van der Waals surface area contributed by atoms with Crippen molar-refractivity contribution in [2.75, 3.05) is 0 Å². The molecule has 2 rings (SSSR count). The van der Waals surface area contributed by atoms with E-state index in [0.29, 0.717) is 27.9 Å². The van der Waals surface area contributed by atoms with Gasteiger partial charge in [0.15, 0.2) is 5.78 Å². The molecule has 0 amide bonds. The number of carboxylic acid groups (broad SMARTS) is 1. The van der Waals surface area contributed by atoms with Crippen LogP contribution in [0.25, 0.3) is 17.2 Å². The van der Waals surface area contributed by atoms with E-state index in [9.17, 15) is 24.2 Å². The van der Waals surface area contributed by atoms with Crippen LogP contribution in [0.3, 0.4) is 0 Å². The summed E-state index contributed by atoms with van der Waals surface area (Å²) in [5.41, 5.74) is 3.70. The van der Waals surface area contributed by atoms with Crippen molar-refractivity contribution in [3.63, 3.8) is 0 Å². The van der Waals surface area contributed by atoms with E-state index in [-0.39, 0.29) is 24.0 Å². The van der Waals surface area contributed by atoms with Crippen molar-refractivity contribution in [1.29, 1.82) is 0 Å². The molecule has 178 valence electrons. The Kier molecular flexibility index (Phi) is 9.02. The van der Waals surface area contributed by atoms with Crippen LogP contribution in [0.15, 0.2) is 30.3 Å². The number of carbonyl (C=O) groups is 2. The second-order valence-electron chi connectivity index (χ2n) is 8.83. The molecule has 2 aromatic rings. The highest BCUT2D eigenvalue weighted by molar-refractivity contribution is 6.04. The Morgan fingerprint density at radius 3 is 2.09 bits per heavy atom. The largest absolute Gasteiger partial charge is 0.481 e. The van der Waals surface area contributed by atoms with Crippen molar-refractivity contribution in [1.82, 2.24) is 4.98 Å². The molecule has 0 bridgehead atoms. The summed E-state index contributed by atoms with van der Waals surface area (Å²) in [5, 5.41) is 29.0. The molecule has 1 aromatic carbocycles. The fraction of sp³-hybridized carbons (Fsp3) is 0.423. The highest BCUT2D eigenvalue weighted by atomic mass is 19.1. The summed E-state index contributed by atoms with van der Waals surface area (Å²) < 4.78 is 13.7. The maximum atomic E-state index is 13.7. The van der Waals surface area contributed by atoms with Crippen LogP contribution in [0.1, 0.15) is 86.6 Å².